The zero-order valence-corrected chi connectivity index (χ0v) is 8.96. The Bertz CT molecular complexity index is 204. The van der Waals surface area contributed by atoms with Gasteiger partial charge in [-0.3, -0.25) is 9.59 Å². The third-order valence-electron chi connectivity index (χ3n) is 1.81. The van der Waals surface area contributed by atoms with Crippen LogP contribution in [0.3, 0.4) is 0 Å². The average Bonchev–Trinajstić information content (AvgIpc) is 2.13. The van der Waals surface area contributed by atoms with Crippen LogP contribution in [0.1, 0.15) is 27.2 Å². The molecule has 0 aromatic heterocycles. The summed E-state index contributed by atoms with van der Waals surface area (Å²) in [7, 11) is 0. The molecule has 0 spiro atoms. The van der Waals surface area contributed by atoms with E-state index in [0.29, 0.717) is 13.0 Å². The molecule has 0 aromatic rings. The number of likely N-dealkylation sites (N-methyl/N-ethyl adjacent to an activating group) is 1. The Labute approximate surface area is 84.4 Å². The Hall–Kier alpha value is -1.10. The highest BCUT2D eigenvalue weighted by molar-refractivity contribution is 5.89. The van der Waals surface area contributed by atoms with Gasteiger partial charge in [-0.25, -0.2) is 0 Å². The highest BCUT2D eigenvalue weighted by Gasteiger charge is 2.19. The van der Waals surface area contributed by atoms with Gasteiger partial charge in [-0.05, 0) is 20.3 Å². The van der Waals surface area contributed by atoms with E-state index in [4.69, 9.17) is 5.73 Å². The van der Waals surface area contributed by atoms with Gasteiger partial charge in [-0.1, -0.05) is 6.92 Å². The number of amides is 2. The maximum absolute atomic E-state index is 11.4. The summed E-state index contributed by atoms with van der Waals surface area (Å²) in [6.45, 7) is 5.81. The van der Waals surface area contributed by atoms with Crippen molar-refractivity contribution in [1.29, 1.82) is 0 Å². The van der Waals surface area contributed by atoms with Crippen LogP contribution in [0.2, 0.25) is 0 Å². The number of nitrogens with two attached hydrogens (primary N) is 1. The topological polar surface area (TPSA) is 84.2 Å². The summed E-state index contributed by atoms with van der Waals surface area (Å²) in [5.41, 5.74) is 5.37. The van der Waals surface area contributed by atoms with Crippen LogP contribution in [0.4, 0.5) is 0 Å². The van der Waals surface area contributed by atoms with E-state index in [9.17, 15) is 9.59 Å². The van der Waals surface area contributed by atoms with Gasteiger partial charge >= 0.3 is 0 Å². The number of carbonyl (C=O) groups excluding carboxylic acids is 2. The molecule has 0 aliphatic carbocycles. The average molecular weight is 201 g/mol. The number of hydrogen-bond donors (Lipinski definition) is 3. The first kappa shape index (κ1) is 12.9. The molecule has 0 saturated heterocycles. The van der Waals surface area contributed by atoms with E-state index in [1.807, 2.05) is 13.8 Å². The fraction of sp³-hybridized carbons (Fsp3) is 0.778. The largest absolute Gasteiger partial charge is 0.355 e. The van der Waals surface area contributed by atoms with E-state index in [1.54, 1.807) is 6.92 Å². The van der Waals surface area contributed by atoms with Crippen LogP contribution in [0.25, 0.3) is 0 Å². The lowest BCUT2D eigenvalue weighted by atomic mass is 10.2. The SMILES string of the molecule is CCNC(=O)[C@H](CC)NC(=O)[C@H](C)N. The zero-order chi connectivity index (χ0) is 11.1. The highest BCUT2D eigenvalue weighted by atomic mass is 16.2. The van der Waals surface area contributed by atoms with Crippen molar-refractivity contribution in [3.63, 3.8) is 0 Å². The van der Waals surface area contributed by atoms with E-state index in [0.717, 1.165) is 0 Å². The summed E-state index contributed by atoms with van der Waals surface area (Å²) in [5.74, 6) is -0.466. The first-order valence-electron chi connectivity index (χ1n) is 4.86. The van der Waals surface area contributed by atoms with Crippen molar-refractivity contribution in [1.82, 2.24) is 10.6 Å². The predicted molar refractivity (Wildman–Crippen MR) is 54.6 cm³/mol. The van der Waals surface area contributed by atoms with Gasteiger partial charge < -0.3 is 16.4 Å². The molecule has 82 valence electrons. The Kier molecular flexibility index (Phi) is 5.87. The molecule has 5 nitrogen and oxygen atoms in total. The smallest absolute Gasteiger partial charge is 0.242 e. The highest BCUT2D eigenvalue weighted by Crippen LogP contribution is 1.92. The lowest BCUT2D eigenvalue weighted by molar-refractivity contribution is -0.129. The predicted octanol–water partition coefficient (Wildman–Crippen LogP) is -0.635. The van der Waals surface area contributed by atoms with Gasteiger partial charge in [0.25, 0.3) is 0 Å². The van der Waals surface area contributed by atoms with E-state index in [2.05, 4.69) is 10.6 Å². The van der Waals surface area contributed by atoms with Crippen molar-refractivity contribution in [3.05, 3.63) is 0 Å². The second-order valence-electron chi connectivity index (χ2n) is 3.15. The first-order valence-corrected chi connectivity index (χ1v) is 4.86. The van der Waals surface area contributed by atoms with Crippen molar-refractivity contribution < 1.29 is 9.59 Å². The summed E-state index contributed by atoms with van der Waals surface area (Å²) in [6, 6.07) is -1.06. The molecular weight excluding hydrogens is 182 g/mol. The molecule has 0 unspecified atom stereocenters. The maximum Gasteiger partial charge on any atom is 0.242 e. The van der Waals surface area contributed by atoms with Crippen molar-refractivity contribution >= 4 is 11.8 Å². The van der Waals surface area contributed by atoms with Gasteiger partial charge in [0.2, 0.25) is 11.8 Å². The molecule has 0 heterocycles. The van der Waals surface area contributed by atoms with Crippen LogP contribution in [-0.2, 0) is 9.59 Å². The summed E-state index contributed by atoms with van der Waals surface area (Å²) in [6.07, 6.45) is 0.560. The van der Waals surface area contributed by atoms with Crippen molar-refractivity contribution in [2.24, 2.45) is 5.73 Å². The van der Waals surface area contributed by atoms with Crippen molar-refractivity contribution in [3.8, 4) is 0 Å². The molecule has 5 heteroatoms. The molecule has 0 aliphatic heterocycles. The van der Waals surface area contributed by atoms with Crippen LogP contribution in [0.5, 0.6) is 0 Å². The van der Waals surface area contributed by atoms with Gasteiger partial charge in [-0.15, -0.1) is 0 Å². The molecule has 0 fully saturated rings. The normalized spacial score (nSPS) is 14.3. The minimum atomic E-state index is -0.585. The van der Waals surface area contributed by atoms with Crippen molar-refractivity contribution in [2.45, 2.75) is 39.3 Å². The third kappa shape index (κ3) is 4.23. The molecule has 0 saturated carbocycles. The quantitative estimate of drug-likeness (QED) is 0.553. The van der Waals surface area contributed by atoms with Gasteiger partial charge in [0.1, 0.15) is 6.04 Å². The van der Waals surface area contributed by atoms with Crippen LogP contribution in [0.15, 0.2) is 0 Å². The Morgan fingerprint density at radius 2 is 1.86 bits per heavy atom. The molecule has 0 aliphatic rings. The van der Waals surface area contributed by atoms with Gasteiger partial charge in [-0.2, -0.15) is 0 Å². The second-order valence-corrected chi connectivity index (χ2v) is 3.15. The molecule has 14 heavy (non-hydrogen) atoms. The molecule has 2 atom stereocenters. The monoisotopic (exact) mass is 201 g/mol. The Morgan fingerprint density at radius 1 is 1.29 bits per heavy atom. The van der Waals surface area contributed by atoms with Crippen LogP contribution < -0.4 is 16.4 Å². The lowest BCUT2D eigenvalue weighted by Gasteiger charge is -2.17. The lowest BCUT2D eigenvalue weighted by Crippen LogP contribution is -2.50. The Morgan fingerprint density at radius 3 is 2.21 bits per heavy atom. The number of carbonyl (C=O) groups is 2. The summed E-state index contributed by atoms with van der Waals surface area (Å²) in [4.78, 5) is 22.6. The number of nitrogens with one attached hydrogen (secondary N) is 2. The zero-order valence-electron chi connectivity index (χ0n) is 8.96. The van der Waals surface area contributed by atoms with E-state index < -0.39 is 12.1 Å². The van der Waals surface area contributed by atoms with Crippen LogP contribution >= 0.6 is 0 Å². The molecule has 4 N–H and O–H groups in total. The molecule has 2 amide bonds. The summed E-state index contributed by atoms with van der Waals surface area (Å²) < 4.78 is 0. The fourth-order valence-corrected chi connectivity index (χ4v) is 0.954. The minimum absolute atomic E-state index is 0.163. The van der Waals surface area contributed by atoms with Crippen LogP contribution in [-0.4, -0.2) is 30.4 Å². The van der Waals surface area contributed by atoms with Gasteiger partial charge in [0.15, 0.2) is 0 Å². The van der Waals surface area contributed by atoms with Gasteiger partial charge in [0, 0.05) is 6.54 Å². The third-order valence-corrected chi connectivity index (χ3v) is 1.81. The standard InChI is InChI=1S/C9H19N3O2/c1-4-7(9(14)11-5-2)12-8(13)6(3)10/h6-7H,4-5,10H2,1-3H3,(H,11,14)(H,12,13)/t6-,7-/m0/s1. The summed E-state index contributed by atoms with van der Waals surface area (Å²) >= 11 is 0. The Balaban J connectivity index is 4.15. The first-order chi connectivity index (χ1) is 6.52. The number of hydrogen-bond acceptors (Lipinski definition) is 3. The fourth-order valence-electron chi connectivity index (χ4n) is 0.954. The molecule has 0 radical (unpaired) electrons. The number of rotatable bonds is 5. The molecule has 0 bridgehead atoms. The van der Waals surface area contributed by atoms with E-state index in [1.165, 1.54) is 0 Å². The maximum atomic E-state index is 11.4. The van der Waals surface area contributed by atoms with Gasteiger partial charge in [0.05, 0.1) is 6.04 Å². The molecular formula is C9H19N3O2. The summed E-state index contributed by atoms with van der Waals surface area (Å²) in [5, 5.41) is 5.22. The van der Waals surface area contributed by atoms with Crippen molar-refractivity contribution in [2.75, 3.05) is 6.54 Å². The second kappa shape index (κ2) is 6.37. The van der Waals surface area contributed by atoms with Crippen LogP contribution in [0, 0.1) is 0 Å². The van der Waals surface area contributed by atoms with E-state index in [-0.39, 0.29) is 11.8 Å². The minimum Gasteiger partial charge on any atom is -0.355 e. The van der Waals surface area contributed by atoms with E-state index >= 15 is 0 Å². The molecule has 0 aromatic carbocycles. The molecule has 0 rings (SSSR count).